The van der Waals surface area contributed by atoms with Crippen LogP contribution in [0.15, 0.2) is 0 Å². The molecule has 158 valence electrons. The average molecular weight is 424 g/mol. The zero-order valence-electron chi connectivity index (χ0n) is 17.2. The molecule has 0 aromatic heterocycles. The van der Waals surface area contributed by atoms with E-state index in [4.69, 9.17) is 9.05 Å². The van der Waals surface area contributed by atoms with E-state index in [1.165, 1.54) is 7.11 Å². The van der Waals surface area contributed by atoms with Crippen molar-refractivity contribution in [2.75, 3.05) is 52.6 Å². The smallest absolute Gasteiger partial charge is 0.202 e. The van der Waals surface area contributed by atoms with Crippen molar-refractivity contribution >= 4 is 22.1 Å². The molecule has 0 bridgehead atoms. The Labute approximate surface area is 157 Å². The van der Waals surface area contributed by atoms with Crippen molar-refractivity contribution < 1.29 is 27.3 Å². The van der Waals surface area contributed by atoms with Crippen LogP contribution in [0, 0.1) is 0 Å². The minimum atomic E-state index is -2.26. The number of rotatable bonds is 8. The molecule has 0 amide bonds. The van der Waals surface area contributed by atoms with Crippen molar-refractivity contribution in [1.29, 1.82) is 0 Å². The summed E-state index contributed by atoms with van der Waals surface area (Å²) >= 11 is 0. The molecule has 0 aliphatic heterocycles. The number of hydrogen-bond acceptors (Lipinski definition) is 6. The van der Waals surface area contributed by atoms with Gasteiger partial charge in [-0.25, -0.2) is 0 Å². The van der Waals surface area contributed by atoms with Crippen LogP contribution in [0.4, 0.5) is 0 Å². The lowest BCUT2D eigenvalue weighted by atomic mass is 10.6. The highest BCUT2D eigenvalue weighted by Gasteiger charge is 2.19. The second kappa shape index (κ2) is 16.7. The molecular weight excluding hydrogens is 381 g/mol. The van der Waals surface area contributed by atoms with Crippen LogP contribution in [0.5, 0.6) is 0 Å². The molecule has 0 saturated heterocycles. The summed E-state index contributed by atoms with van der Waals surface area (Å²) in [4.78, 5) is 0. The molecule has 3 unspecified atom stereocenters. The molecular formula is C16H43O6P3. The first kappa shape index (κ1) is 33.2. The third-order valence-corrected chi connectivity index (χ3v) is 9.78. The summed E-state index contributed by atoms with van der Waals surface area (Å²) in [5.74, 6) is 0. The van der Waals surface area contributed by atoms with E-state index < -0.39 is 22.1 Å². The normalized spacial score (nSPS) is 17.4. The standard InChI is InChI=1S/C6H15O2P.C5H13O2P.C4H11O2P.CH4/c1-5-8-9(4,7)6(2)3;1-4-7-8(3,6)5-2;1-4-7(3,5)6-2;/h6H,5H2,1-4H3;4-5H2,1-3H3;4H2,1-3H3;1H4. The fraction of sp³-hybridized carbons (Fsp3) is 1.00. The minimum Gasteiger partial charge on any atom is -0.332 e. The predicted octanol–water partition coefficient (Wildman–Crippen LogP) is 6.49. The van der Waals surface area contributed by atoms with Gasteiger partial charge in [-0.15, -0.1) is 0 Å². The zero-order valence-corrected chi connectivity index (χ0v) is 19.9. The van der Waals surface area contributed by atoms with E-state index in [1.807, 2.05) is 41.5 Å². The van der Waals surface area contributed by atoms with Crippen LogP contribution in [0.1, 0.15) is 49.0 Å². The summed E-state index contributed by atoms with van der Waals surface area (Å²) < 4.78 is 47.6. The maximum atomic E-state index is 11.3. The topological polar surface area (TPSA) is 78.9 Å². The van der Waals surface area contributed by atoms with Gasteiger partial charge in [0.15, 0.2) is 14.7 Å². The molecule has 3 atom stereocenters. The first-order valence-corrected chi connectivity index (χ1v) is 15.0. The third kappa shape index (κ3) is 22.5. The molecule has 0 spiro atoms. The molecule has 25 heavy (non-hydrogen) atoms. The summed E-state index contributed by atoms with van der Waals surface area (Å²) in [6.07, 6.45) is 1.27. The Morgan fingerprint density at radius 1 is 0.760 bits per heavy atom. The Hall–Kier alpha value is 0.570. The molecule has 0 saturated carbocycles. The first-order chi connectivity index (χ1) is 10.7. The molecule has 6 nitrogen and oxygen atoms in total. The summed E-state index contributed by atoms with van der Waals surface area (Å²) in [7, 11) is -5.12. The summed E-state index contributed by atoms with van der Waals surface area (Å²) in [6, 6.07) is 0. The average Bonchev–Trinajstić information content (AvgIpc) is 2.48. The second-order valence-corrected chi connectivity index (χ2v) is 14.7. The summed E-state index contributed by atoms with van der Waals surface area (Å²) in [6.45, 7) is 17.3. The van der Waals surface area contributed by atoms with Crippen molar-refractivity contribution in [1.82, 2.24) is 0 Å². The van der Waals surface area contributed by atoms with Crippen molar-refractivity contribution in [3.63, 3.8) is 0 Å². The SMILES string of the molecule is C.CCOP(C)(=O)C(C)C.CCOP(C)(=O)CC.CCP(C)(=O)OC. The van der Waals surface area contributed by atoms with Gasteiger partial charge in [0.2, 0.25) is 7.37 Å². The van der Waals surface area contributed by atoms with Crippen LogP contribution in [0.3, 0.4) is 0 Å². The molecule has 0 aliphatic carbocycles. The van der Waals surface area contributed by atoms with Gasteiger partial charge in [-0.3, -0.25) is 13.7 Å². The fourth-order valence-corrected chi connectivity index (χ4v) is 2.70. The lowest BCUT2D eigenvalue weighted by molar-refractivity contribution is 0.332. The lowest BCUT2D eigenvalue weighted by Gasteiger charge is -2.15. The Bertz CT molecular complexity index is 430. The Kier molecular flexibility index (Phi) is 22.2. The van der Waals surface area contributed by atoms with Gasteiger partial charge < -0.3 is 13.6 Å². The third-order valence-electron chi connectivity index (χ3n) is 3.26. The van der Waals surface area contributed by atoms with Gasteiger partial charge in [0.1, 0.15) is 0 Å². The van der Waals surface area contributed by atoms with E-state index in [-0.39, 0.29) is 13.1 Å². The van der Waals surface area contributed by atoms with Gasteiger partial charge in [0.25, 0.3) is 0 Å². The Morgan fingerprint density at radius 2 is 1.12 bits per heavy atom. The largest absolute Gasteiger partial charge is 0.332 e. The van der Waals surface area contributed by atoms with Crippen LogP contribution >= 0.6 is 22.1 Å². The second-order valence-electron chi connectivity index (χ2n) is 5.68. The molecule has 0 aromatic rings. The van der Waals surface area contributed by atoms with Gasteiger partial charge in [0.05, 0.1) is 13.2 Å². The van der Waals surface area contributed by atoms with Gasteiger partial charge in [-0.05, 0) is 13.8 Å². The first-order valence-electron chi connectivity index (χ1n) is 8.30. The Morgan fingerprint density at radius 3 is 1.20 bits per heavy atom. The van der Waals surface area contributed by atoms with Crippen LogP contribution in [-0.4, -0.2) is 58.3 Å². The van der Waals surface area contributed by atoms with Crippen molar-refractivity contribution in [2.24, 2.45) is 0 Å². The molecule has 0 N–H and O–H groups in total. The quantitative estimate of drug-likeness (QED) is 0.415. The van der Waals surface area contributed by atoms with Crippen LogP contribution in [0.2, 0.25) is 0 Å². The van der Waals surface area contributed by atoms with Gasteiger partial charge in [-0.1, -0.05) is 35.1 Å². The van der Waals surface area contributed by atoms with Crippen molar-refractivity contribution in [3.05, 3.63) is 0 Å². The van der Waals surface area contributed by atoms with Crippen molar-refractivity contribution in [2.45, 2.75) is 54.6 Å². The Balaban J connectivity index is -0.000000131. The molecule has 0 fully saturated rings. The van der Waals surface area contributed by atoms with Crippen molar-refractivity contribution in [3.8, 4) is 0 Å². The molecule has 0 radical (unpaired) electrons. The maximum Gasteiger partial charge on any atom is 0.202 e. The molecule has 0 aromatic carbocycles. The number of hydrogen-bond donors (Lipinski definition) is 0. The van der Waals surface area contributed by atoms with E-state index >= 15 is 0 Å². The fourth-order valence-electron chi connectivity index (χ4n) is 0.899. The van der Waals surface area contributed by atoms with E-state index in [1.54, 1.807) is 20.0 Å². The predicted molar refractivity (Wildman–Crippen MR) is 114 cm³/mol. The van der Waals surface area contributed by atoms with E-state index in [2.05, 4.69) is 4.52 Å². The summed E-state index contributed by atoms with van der Waals surface area (Å²) in [5.41, 5.74) is 0.150. The highest BCUT2D eigenvalue weighted by Crippen LogP contribution is 2.47. The van der Waals surface area contributed by atoms with Crippen LogP contribution in [-0.2, 0) is 27.3 Å². The van der Waals surface area contributed by atoms with Crippen LogP contribution in [0.25, 0.3) is 0 Å². The highest BCUT2D eigenvalue weighted by atomic mass is 31.2. The molecule has 0 heterocycles. The molecule has 0 rings (SSSR count). The maximum absolute atomic E-state index is 11.3. The molecule has 0 aliphatic rings. The highest BCUT2D eigenvalue weighted by molar-refractivity contribution is 7.59. The van der Waals surface area contributed by atoms with Gasteiger partial charge >= 0.3 is 0 Å². The van der Waals surface area contributed by atoms with Gasteiger partial charge in [-0.2, -0.15) is 0 Å². The summed E-state index contributed by atoms with van der Waals surface area (Å²) in [5, 5.41) is 0. The van der Waals surface area contributed by atoms with Crippen LogP contribution < -0.4 is 0 Å². The zero-order chi connectivity index (χ0) is 20.0. The monoisotopic (exact) mass is 424 g/mol. The molecule has 9 heteroatoms. The lowest BCUT2D eigenvalue weighted by Crippen LogP contribution is -1.99. The van der Waals surface area contributed by atoms with E-state index in [9.17, 15) is 13.7 Å². The van der Waals surface area contributed by atoms with E-state index in [0.717, 1.165) is 0 Å². The minimum absolute atomic E-state index is 0. The van der Waals surface area contributed by atoms with E-state index in [0.29, 0.717) is 25.5 Å². The van der Waals surface area contributed by atoms with Gasteiger partial charge in [0, 0.05) is 45.1 Å².